The SMILES string of the molecule is CCc1ccc(-n2c(=S)[nH]c3ccc(F)cc32)cc1. The topological polar surface area (TPSA) is 20.7 Å². The summed E-state index contributed by atoms with van der Waals surface area (Å²) in [6, 6.07) is 12.8. The van der Waals surface area contributed by atoms with Gasteiger partial charge in [0.05, 0.1) is 11.0 Å². The summed E-state index contributed by atoms with van der Waals surface area (Å²) in [7, 11) is 0. The van der Waals surface area contributed by atoms with Gasteiger partial charge in [0.1, 0.15) is 5.82 Å². The summed E-state index contributed by atoms with van der Waals surface area (Å²) in [4.78, 5) is 3.09. The molecule has 4 heteroatoms. The van der Waals surface area contributed by atoms with E-state index in [0.29, 0.717) is 4.77 Å². The second-order valence-electron chi connectivity index (χ2n) is 4.45. The van der Waals surface area contributed by atoms with E-state index in [1.54, 1.807) is 6.07 Å². The van der Waals surface area contributed by atoms with Gasteiger partial charge in [-0.1, -0.05) is 19.1 Å². The summed E-state index contributed by atoms with van der Waals surface area (Å²) >= 11 is 5.32. The Hall–Kier alpha value is -1.94. The van der Waals surface area contributed by atoms with Gasteiger partial charge in [0.25, 0.3) is 0 Å². The highest BCUT2D eigenvalue weighted by Gasteiger charge is 2.07. The van der Waals surface area contributed by atoms with Gasteiger partial charge in [-0.3, -0.25) is 4.57 Å². The van der Waals surface area contributed by atoms with E-state index in [1.165, 1.54) is 17.7 Å². The van der Waals surface area contributed by atoms with Crippen LogP contribution < -0.4 is 0 Å². The van der Waals surface area contributed by atoms with Crippen molar-refractivity contribution >= 4 is 23.3 Å². The van der Waals surface area contributed by atoms with Crippen molar-refractivity contribution in [1.82, 2.24) is 9.55 Å². The van der Waals surface area contributed by atoms with Crippen molar-refractivity contribution in [1.29, 1.82) is 0 Å². The number of hydrogen-bond donors (Lipinski definition) is 1. The molecular weight excluding hydrogens is 259 g/mol. The highest BCUT2D eigenvalue weighted by atomic mass is 32.1. The van der Waals surface area contributed by atoms with Gasteiger partial charge in [-0.15, -0.1) is 0 Å². The maximum absolute atomic E-state index is 13.4. The van der Waals surface area contributed by atoms with Crippen molar-refractivity contribution in [3.63, 3.8) is 0 Å². The number of H-pyrrole nitrogens is 1. The van der Waals surface area contributed by atoms with E-state index in [-0.39, 0.29) is 5.82 Å². The molecule has 3 rings (SSSR count). The minimum absolute atomic E-state index is 0.263. The number of aromatic amines is 1. The Morgan fingerprint density at radius 1 is 1.16 bits per heavy atom. The Morgan fingerprint density at radius 3 is 2.58 bits per heavy atom. The maximum Gasteiger partial charge on any atom is 0.182 e. The lowest BCUT2D eigenvalue weighted by molar-refractivity contribution is 0.629. The minimum Gasteiger partial charge on any atom is -0.330 e. The van der Waals surface area contributed by atoms with Gasteiger partial charge >= 0.3 is 0 Å². The first-order valence-corrected chi connectivity index (χ1v) is 6.59. The summed E-state index contributed by atoms with van der Waals surface area (Å²) in [5.74, 6) is -0.263. The van der Waals surface area contributed by atoms with Crippen molar-refractivity contribution < 1.29 is 4.39 Å². The van der Waals surface area contributed by atoms with Gasteiger partial charge in [0.2, 0.25) is 0 Å². The van der Waals surface area contributed by atoms with Gasteiger partial charge in [0, 0.05) is 11.8 Å². The molecule has 1 heterocycles. The smallest absolute Gasteiger partial charge is 0.182 e. The number of fused-ring (bicyclic) bond motifs is 1. The highest BCUT2D eigenvalue weighted by Crippen LogP contribution is 2.21. The van der Waals surface area contributed by atoms with Crippen molar-refractivity contribution in [3.05, 3.63) is 58.6 Å². The van der Waals surface area contributed by atoms with Crippen LogP contribution in [-0.4, -0.2) is 9.55 Å². The third kappa shape index (κ3) is 2.08. The van der Waals surface area contributed by atoms with Crippen LogP contribution in [0.5, 0.6) is 0 Å². The fourth-order valence-electron chi connectivity index (χ4n) is 2.21. The Morgan fingerprint density at radius 2 is 1.89 bits per heavy atom. The molecule has 0 aliphatic carbocycles. The minimum atomic E-state index is -0.263. The van der Waals surface area contributed by atoms with Gasteiger partial charge < -0.3 is 4.98 Å². The highest BCUT2D eigenvalue weighted by molar-refractivity contribution is 7.71. The standard InChI is InChI=1S/C15H13FN2S/c1-2-10-3-6-12(7-4-10)18-14-9-11(16)5-8-13(14)17-15(18)19/h3-9H,2H2,1H3,(H,17,19). The van der Waals surface area contributed by atoms with Gasteiger partial charge in [-0.05, 0) is 48.5 Å². The number of benzene rings is 2. The van der Waals surface area contributed by atoms with Crippen LogP contribution in [0.3, 0.4) is 0 Å². The average Bonchev–Trinajstić information content (AvgIpc) is 2.74. The molecule has 0 aliphatic rings. The van der Waals surface area contributed by atoms with E-state index in [4.69, 9.17) is 12.2 Å². The van der Waals surface area contributed by atoms with E-state index < -0.39 is 0 Å². The summed E-state index contributed by atoms with van der Waals surface area (Å²) in [5, 5.41) is 0. The molecule has 0 bridgehead atoms. The molecule has 0 radical (unpaired) electrons. The van der Waals surface area contributed by atoms with E-state index in [1.807, 2.05) is 16.7 Å². The zero-order valence-corrected chi connectivity index (χ0v) is 11.3. The average molecular weight is 272 g/mol. The Labute approximate surface area is 115 Å². The normalized spacial score (nSPS) is 11.1. The van der Waals surface area contributed by atoms with Crippen LogP contribution in [0.4, 0.5) is 4.39 Å². The molecule has 0 fully saturated rings. The Balaban J connectivity index is 2.25. The van der Waals surface area contributed by atoms with Crippen LogP contribution in [-0.2, 0) is 6.42 Å². The van der Waals surface area contributed by atoms with Crippen LogP contribution in [0, 0.1) is 10.6 Å². The fraction of sp³-hybridized carbons (Fsp3) is 0.133. The monoisotopic (exact) mass is 272 g/mol. The Kier molecular flexibility index (Phi) is 2.95. The Bertz CT molecular complexity index is 784. The first kappa shape index (κ1) is 12.1. The second-order valence-corrected chi connectivity index (χ2v) is 4.83. The molecule has 1 N–H and O–H groups in total. The zero-order chi connectivity index (χ0) is 13.4. The van der Waals surface area contributed by atoms with Gasteiger partial charge in [-0.25, -0.2) is 4.39 Å². The first-order chi connectivity index (χ1) is 9.19. The molecule has 0 saturated heterocycles. The largest absolute Gasteiger partial charge is 0.330 e. The molecule has 0 amide bonds. The second kappa shape index (κ2) is 4.63. The molecule has 2 nitrogen and oxygen atoms in total. The van der Waals surface area contributed by atoms with Crippen LogP contribution in [0.15, 0.2) is 42.5 Å². The van der Waals surface area contributed by atoms with Crippen molar-refractivity contribution in [2.24, 2.45) is 0 Å². The third-order valence-electron chi connectivity index (χ3n) is 3.25. The summed E-state index contributed by atoms with van der Waals surface area (Å²) in [6.07, 6.45) is 0.994. The van der Waals surface area contributed by atoms with Crippen LogP contribution >= 0.6 is 12.2 Å². The summed E-state index contributed by atoms with van der Waals surface area (Å²) < 4.78 is 15.8. The lowest BCUT2D eigenvalue weighted by Crippen LogP contribution is -1.94. The lowest BCUT2D eigenvalue weighted by Gasteiger charge is -2.05. The summed E-state index contributed by atoms with van der Waals surface area (Å²) in [5.41, 5.74) is 3.81. The molecule has 96 valence electrons. The molecule has 0 saturated carbocycles. The number of aromatic nitrogens is 2. The molecular formula is C15H13FN2S. The fourth-order valence-corrected chi connectivity index (χ4v) is 2.53. The van der Waals surface area contributed by atoms with Gasteiger partial charge in [0.15, 0.2) is 4.77 Å². The van der Waals surface area contributed by atoms with E-state index in [0.717, 1.165) is 23.1 Å². The van der Waals surface area contributed by atoms with Crippen molar-refractivity contribution in [2.45, 2.75) is 13.3 Å². The summed E-state index contributed by atoms with van der Waals surface area (Å²) in [6.45, 7) is 2.11. The molecule has 19 heavy (non-hydrogen) atoms. The predicted molar refractivity (Wildman–Crippen MR) is 77.8 cm³/mol. The predicted octanol–water partition coefficient (Wildman–Crippen LogP) is 4.39. The number of aryl methyl sites for hydroxylation is 1. The number of halogens is 1. The van der Waals surface area contributed by atoms with Crippen LogP contribution in [0.2, 0.25) is 0 Å². The molecule has 1 aromatic heterocycles. The van der Waals surface area contributed by atoms with E-state index >= 15 is 0 Å². The first-order valence-electron chi connectivity index (χ1n) is 6.18. The van der Waals surface area contributed by atoms with Crippen LogP contribution in [0.1, 0.15) is 12.5 Å². The maximum atomic E-state index is 13.4. The van der Waals surface area contributed by atoms with Crippen molar-refractivity contribution in [3.8, 4) is 5.69 Å². The van der Waals surface area contributed by atoms with Crippen LogP contribution in [0.25, 0.3) is 16.7 Å². The quantitative estimate of drug-likeness (QED) is 0.686. The molecule has 3 aromatic rings. The zero-order valence-electron chi connectivity index (χ0n) is 10.5. The third-order valence-corrected chi connectivity index (χ3v) is 3.53. The number of nitrogens with one attached hydrogen (secondary N) is 1. The number of rotatable bonds is 2. The van der Waals surface area contributed by atoms with E-state index in [9.17, 15) is 4.39 Å². The molecule has 0 spiro atoms. The molecule has 0 atom stereocenters. The number of hydrogen-bond acceptors (Lipinski definition) is 1. The number of nitrogens with zero attached hydrogens (tertiary/aromatic N) is 1. The van der Waals surface area contributed by atoms with Gasteiger partial charge in [-0.2, -0.15) is 0 Å². The van der Waals surface area contributed by atoms with E-state index in [2.05, 4.69) is 24.0 Å². The molecule has 2 aromatic carbocycles. The lowest BCUT2D eigenvalue weighted by atomic mass is 10.1. The number of imidazole rings is 1. The molecule has 0 unspecified atom stereocenters. The molecule has 0 aliphatic heterocycles. The van der Waals surface area contributed by atoms with Crippen molar-refractivity contribution in [2.75, 3.05) is 0 Å².